The third-order valence-corrected chi connectivity index (χ3v) is 4.82. The second kappa shape index (κ2) is 5.80. The van der Waals surface area contributed by atoms with Gasteiger partial charge in [-0.2, -0.15) is 0 Å². The van der Waals surface area contributed by atoms with E-state index in [2.05, 4.69) is 4.72 Å². The number of rotatable bonds is 5. The molecule has 6 nitrogen and oxygen atoms in total. The molecule has 20 heavy (non-hydrogen) atoms. The second-order valence-corrected chi connectivity index (χ2v) is 6.57. The van der Waals surface area contributed by atoms with E-state index in [1.807, 2.05) is 0 Å². The molecule has 7 heteroatoms. The molecule has 0 saturated carbocycles. The first kappa shape index (κ1) is 14.8. The highest BCUT2D eigenvalue weighted by Crippen LogP contribution is 2.15. The molecule has 1 fully saturated rings. The average Bonchev–Trinajstić information content (AvgIpc) is 2.68. The zero-order valence-electron chi connectivity index (χ0n) is 11.5. The van der Waals surface area contributed by atoms with Crippen molar-refractivity contribution in [3.63, 3.8) is 0 Å². The molecule has 1 saturated heterocycles. The highest BCUT2D eigenvalue weighted by Gasteiger charge is 2.28. The molecule has 1 unspecified atom stereocenters. The molecule has 1 aliphatic rings. The Kier molecular flexibility index (Phi) is 4.29. The maximum atomic E-state index is 12.1. The molecule has 110 valence electrons. The zero-order valence-corrected chi connectivity index (χ0v) is 12.3. The van der Waals surface area contributed by atoms with Crippen LogP contribution in [0, 0.1) is 6.92 Å². The quantitative estimate of drug-likeness (QED) is 0.883. The maximum absolute atomic E-state index is 12.1. The molecular weight excluding hydrogens is 280 g/mol. The number of carbonyl (C=O) groups excluding carboxylic acids is 1. The number of sulfonamides is 1. The van der Waals surface area contributed by atoms with Crippen LogP contribution in [0.2, 0.25) is 0 Å². The van der Waals surface area contributed by atoms with Gasteiger partial charge in [-0.15, -0.1) is 0 Å². The van der Waals surface area contributed by atoms with Crippen molar-refractivity contribution < 1.29 is 17.9 Å². The van der Waals surface area contributed by atoms with Gasteiger partial charge in [-0.25, -0.2) is 17.9 Å². The Labute approximate surface area is 118 Å². The summed E-state index contributed by atoms with van der Waals surface area (Å²) in [5.41, 5.74) is 0.701. The van der Waals surface area contributed by atoms with Crippen molar-refractivity contribution >= 4 is 16.1 Å². The van der Waals surface area contributed by atoms with E-state index in [1.54, 1.807) is 38.2 Å². The van der Waals surface area contributed by atoms with Crippen LogP contribution in [0.25, 0.3) is 0 Å². The molecule has 1 amide bonds. The lowest BCUT2D eigenvalue weighted by molar-refractivity contribution is 0.131. The van der Waals surface area contributed by atoms with Crippen LogP contribution in [0.15, 0.2) is 29.2 Å². The van der Waals surface area contributed by atoms with Crippen LogP contribution in [0.4, 0.5) is 4.79 Å². The lowest BCUT2D eigenvalue weighted by atomic mass is 10.2. The number of aryl methyl sites for hydroxylation is 1. The van der Waals surface area contributed by atoms with Crippen LogP contribution < -0.4 is 4.72 Å². The number of ether oxygens (including phenoxy) is 1. The molecule has 1 N–H and O–H groups in total. The number of amides is 1. The molecule has 0 aromatic heterocycles. The summed E-state index contributed by atoms with van der Waals surface area (Å²) in [4.78, 5) is 12.9. The fraction of sp³-hybridized carbons (Fsp3) is 0.462. The predicted molar refractivity (Wildman–Crippen MR) is 73.9 cm³/mol. The molecule has 0 spiro atoms. The van der Waals surface area contributed by atoms with Gasteiger partial charge in [-0.05, 0) is 25.0 Å². The topological polar surface area (TPSA) is 75.7 Å². The minimum absolute atomic E-state index is 0.239. The van der Waals surface area contributed by atoms with Crippen molar-refractivity contribution in [1.29, 1.82) is 0 Å². The summed E-state index contributed by atoms with van der Waals surface area (Å²) in [5, 5.41) is 0. The van der Waals surface area contributed by atoms with Crippen molar-refractivity contribution in [3.8, 4) is 0 Å². The van der Waals surface area contributed by atoms with Gasteiger partial charge in [0.25, 0.3) is 0 Å². The summed E-state index contributed by atoms with van der Waals surface area (Å²) in [7, 11) is -1.86. The number of hydrogen-bond donors (Lipinski definition) is 1. The SMILES string of the molecule is Cc1ccccc1S(=O)(=O)NCCC1CN(C)C(=O)O1. The van der Waals surface area contributed by atoms with E-state index >= 15 is 0 Å². The van der Waals surface area contributed by atoms with E-state index in [-0.39, 0.29) is 23.6 Å². The van der Waals surface area contributed by atoms with Crippen LogP contribution in [0.3, 0.4) is 0 Å². The van der Waals surface area contributed by atoms with Gasteiger partial charge in [0.15, 0.2) is 0 Å². The fourth-order valence-corrected chi connectivity index (χ4v) is 3.38. The molecule has 0 aliphatic carbocycles. The van der Waals surface area contributed by atoms with E-state index in [0.29, 0.717) is 18.5 Å². The Bertz CT molecular complexity index is 600. The number of nitrogens with one attached hydrogen (secondary N) is 1. The molecule has 1 aliphatic heterocycles. The number of nitrogens with zero attached hydrogens (tertiary/aromatic N) is 1. The molecule has 1 atom stereocenters. The maximum Gasteiger partial charge on any atom is 0.409 e. The number of cyclic esters (lactones) is 1. The van der Waals surface area contributed by atoms with E-state index < -0.39 is 10.0 Å². The Morgan fingerprint density at radius 1 is 1.40 bits per heavy atom. The van der Waals surface area contributed by atoms with Gasteiger partial charge in [-0.3, -0.25) is 0 Å². The summed E-state index contributed by atoms with van der Waals surface area (Å²) in [5.74, 6) is 0. The van der Waals surface area contributed by atoms with Crippen LogP contribution in [-0.4, -0.2) is 45.7 Å². The van der Waals surface area contributed by atoms with Gasteiger partial charge in [0.05, 0.1) is 11.4 Å². The fourth-order valence-electron chi connectivity index (χ4n) is 2.09. The lowest BCUT2D eigenvalue weighted by Crippen LogP contribution is -2.29. The first-order chi connectivity index (χ1) is 9.40. The van der Waals surface area contributed by atoms with Crippen molar-refractivity contribution in [2.24, 2.45) is 0 Å². The summed E-state index contributed by atoms with van der Waals surface area (Å²) in [6, 6.07) is 6.81. The monoisotopic (exact) mass is 298 g/mol. The van der Waals surface area contributed by atoms with Crippen molar-refractivity contribution in [2.75, 3.05) is 20.1 Å². The average molecular weight is 298 g/mol. The first-order valence-electron chi connectivity index (χ1n) is 6.37. The molecule has 0 bridgehead atoms. The number of likely N-dealkylation sites (N-methyl/N-ethyl adjacent to an activating group) is 1. The normalized spacial score (nSPS) is 19.2. The minimum Gasteiger partial charge on any atom is -0.444 e. The Hall–Kier alpha value is -1.60. The highest BCUT2D eigenvalue weighted by atomic mass is 32.2. The lowest BCUT2D eigenvalue weighted by Gasteiger charge is -2.11. The van der Waals surface area contributed by atoms with Gasteiger partial charge in [0.2, 0.25) is 10.0 Å². The zero-order chi connectivity index (χ0) is 14.8. The minimum atomic E-state index is -3.51. The largest absolute Gasteiger partial charge is 0.444 e. The van der Waals surface area contributed by atoms with Crippen molar-refractivity contribution in [3.05, 3.63) is 29.8 Å². The Balaban J connectivity index is 1.91. The standard InChI is InChI=1S/C13H18N2O4S/c1-10-5-3-4-6-12(10)20(17,18)14-8-7-11-9-15(2)13(16)19-11/h3-6,11,14H,7-9H2,1-2H3. The second-order valence-electron chi connectivity index (χ2n) is 4.84. The molecule has 1 aromatic carbocycles. The summed E-state index contributed by atoms with van der Waals surface area (Å²) >= 11 is 0. The third kappa shape index (κ3) is 3.29. The highest BCUT2D eigenvalue weighted by molar-refractivity contribution is 7.89. The van der Waals surface area contributed by atoms with Gasteiger partial charge in [0.1, 0.15) is 6.10 Å². The van der Waals surface area contributed by atoms with Gasteiger partial charge in [0, 0.05) is 13.6 Å². The third-order valence-electron chi connectivity index (χ3n) is 3.20. The van der Waals surface area contributed by atoms with Crippen LogP contribution in [-0.2, 0) is 14.8 Å². The Morgan fingerprint density at radius 2 is 2.10 bits per heavy atom. The molecule has 1 aromatic rings. The molecule has 1 heterocycles. The van der Waals surface area contributed by atoms with Crippen molar-refractivity contribution in [2.45, 2.75) is 24.3 Å². The van der Waals surface area contributed by atoms with E-state index in [9.17, 15) is 13.2 Å². The van der Waals surface area contributed by atoms with E-state index in [0.717, 1.165) is 0 Å². The van der Waals surface area contributed by atoms with E-state index in [4.69, 9.17) is 4.74 Å². The number of benzene rings is 1. The first-order valence-corrected chi connectivity index (χ1v) is 7.85. The van der Waals surface area contributed by atoms with Gasteiger partial charge < -0.3 is 9.64 Å². The summed E-state index contributed by atoms with van der Waals surface area (Å²) < 4.78 is 31.9. The van der Waals surface area contributed by atoms with Crippen LogP contribution in [0.1, 0.15) is 12.0 Å². The van der Waals surface area contributed by atoms with Gasteiger partial charge >= 0.3 is 6.09 Å². The van der Waals surface area contributed by atoms with Crippen LogP contribution >= 0.6 is 0 Å². The van der Waals surface area contributed by atoms with Gasteiger partial charge in [-0.1, -0.05) is 18.2 Å². The molecule has 0 radical (unpaired) electrons. The molecule has 2 rings (SSSR count). The summed E-state index contributed by atoms with van der Waals surface area (Å²) in [6.07, 6.45) is -0.162. The predicted octanol–water partition coefficient (Wildman–Crippen LogP) is 1.11. The van der Waals surface area contributed by atoms with E-state index in [1.165, 1.54) is 4.90 Å². The number of carbonyl (C=O) groups is 1. The van der Waals surface area contributed by atoms with Crippen LogP contribution in [0.5, 0.6) is 0 Å². The Morgan fingerprint density at radius 3 is 2.70 bits per heavy atom. The number of hydrogen-bond acceptors (Lipinski definition) is 4. The smallest absolute Gasteiger partial charge is 0.409 e. The molecular formula is C13H18N2O4S. The van der Waals surface area contributed by atoms with Crippen molar-refractivity contribution in [1.82, 2.24) is 9.62 Å². The summed E-state index contributed by atoms with van der Waals surface area (Å²) in [6.45, 7) is 2.48.